The zero-order chi connectivity index (χ0) is 9.84. The van der Waals surface area contributed by atoms with Gasteiger partial charge in [-0.1, -0.05) is 23.7 Å². The van der Waals surface area contributed by atoms with Crippen molar-refractivity contribution in [3.8, 4) is 0 Å². The highest BCUT2D eigenvalue weighted by Crippen LogP contribution is 2.29. The molecule has 4 heteroatoms. The van der Waals surface area contributed by atoms with E-state index in [0.29, 0.717) is 11.4 Å². The molecule has 1 aromatic carbocycles. The largest absolute Gasteiger partial charge is 0.118 e. The van der Waals surface area contributed by atoms with E-state index in [0.717, 1.165) is 5.56 Å². The molecule has 0 aliphatic rings. The van der Waals surface area contributed by atoms with E-state index >= 15 is 0 Å². The molecule has 0 spiro atoms. The van der Waals surface area contributed by atoms with E-state index in [9.17, 15) is 0 Å². The van der Waals surface area contributed by atoms with Crippen molar-refractivity contribution < 1.29 is 0 Å². The Morgan fingerprint density at radius 3 is 2.00 bits per heavy atom. The lowest BCUT2D eigenvalue weighted by Crippen LogP contribution is -1.95. The van der Waals surface area contributed by atoms with Crippen LogP contribution < -0.4 is 0 Å². The lowest BCUT2D eigenvalue weighted by molar-refractivity contribution is 0.858. The fraction of sp³-hybridized carbons (Fsp3) is 0.333. The molecular weight excluding hydrogens is 250 g/mol. The molecule has 1 unspecified atom stereocenters. The topological polar surface area (TPSA) is 0 Å². The number of rotatable bonds is 3. The third kappa shape index (κ3) is 3.95. The third-order valence-corrected chi connectivity index (χ3v) is 2.66. The fourth-order valence-corrected chi connectivity index (χ4v) is 1.95. The van der Waals surface area contributed by atoms with Crippen LogP contribution in [0.5, 0.6) is 0 Å². The SMILES string of the molecule is Clc1ccc(C(Cl)CC(Cl)Cl)cc1. The van der Waals surface area contributed by atoms with Crippen molar-refractivity contribution in [2.45, 2.75) is 16.6 Å². The molecule has 0 N–H and O–H groups in total. The summed E-state index contributed by atoms with van der Waals surface area (Å²) in [6, 6.07) is 7.33. The molecule has 0 saturated heterocycles. The summed E-state index contributed by atoms with van der Waals surface area (Å²) >= 11 is 23.0. The Morgan fingerprint density at radius 1 is 1.00 bits per heavy atom. The third-order valence-electron chi connectivity index (χ3n) is 1.62. The molecule has 1 atom stereocenters. The summed E-state index contributed by atoms with van der Waals surface area (Å²) in [6.45, 7) is 0. The van der Waals surface area contributed by atoms with Crippen LogP contribution in [-0.2, 0) is 0 Å². The maximum Gasteiger partial charge on any atom is 0.109 e. The summed E-state index contributed by atoms with van der Waals surface area (Å²) in [4.78, 5) is -0.432. The van der Waals surface area contributed by atoms with E-state index in [2.05, 4.69) is 0 Å². The first-order chi connectivity index (χ1) is 6.09. The average Bonchev–Trinajstić information content (AvgIpc) is 2.04. The quantitative estimate of drug-likeness (QED) is 0.682. The van der Waals surface area contributed by atoms with Crippen LogP contribution >= 0.6 is 46.4 Å². The Morgan fingerprint density at radius 2 is 1.54 bits per heavy atom. The van der Waals surface area contributed by atoms with Gasteiger partial charge in [-0.25, -0.2) is 0 Å². The van der Waals surface area contributed by atoms with Crippen molar-refractivity contribution in [3.05, 3.63) is 34.9 Å². The molecule has 1 rings (SSSR count). The first kappa shape index (κ1) is 11.5. The van der Waals surface area contributed by atoms with Crippen molar-refractivity contribution >= 4 is 46.4 Å². The van der Waals surface area contributed by atoms with Crippen molar-refractivity contribution in [1.29, 1.82) is 0 Å². The molecule has 0 fully saturated rings. The average molecular weight is 258 g/mol. The number of hydrogen-bond donors (Lipinski definition) is 0. The minimum absolute atomic E-state index is 0.155. The van der Waals surface area contributed by atoms with Crippen LogP contribution in [-0.4, -0.2) is 4.84 Å². The van der Waals surface area contributed by atoms with Gasteiger partial charge in [0.2, 0.25) is 0 Å². The van der Waals surface area contributed by atoms with Crippen LogP contribution in [0.3, 0.4) is 0 Å². The molecule has 0 amide bonds. The van der Waals surface area contributed by atoms with Gasteiger partial charge in [-0.15, -0.1) is 34.8 Å². The number of hydrogen-bond acceptors (Lipinski definition) is 0. The molecular formula is C9H8Cl4. The maximum atomic E-state index is 6.04. The zero-order valence-corrected chi connectivity index (χ0v) is 9.71. The van der Waals surface area contributed by atoms with Crippen LogP contribution in [0.1, 0.15) is 17.4 Å². The van der Waals surface area contributed by atoms with Crippen molar-refractivity contribution in [1.82, 2.24) is 0 Å². The first-order valence-corrected chi connectivity index (χ1v) is 5.46. The standard InChI is InChI=1S/C9H8Cl4/c10-7-3-1-6(2-4-7)8(11)5-9(12)13/h1-4,8-9H,5H2. The molecule has 0 heterocycles. The minimum Gasteiger partial charge on any atom is -0.118 e. The van der Waals surface area contributed by atoms with Gasteiger partial charge in [-0.2, -0.15) is 0 Å². The lowest BCUT2D eigenvalue weighted by Gasteiger charge is -2.09. The zero-order valence-electron chi connectivity index (χ0n) is 6.68. The van der Waals surface area contributed by atoms with Gasteiger partial charge >= 0.3 is 0 Å². The van der Waals surface area contributed by atoms with E-state index in [1.165, 1.54) is 0 Å². The smallest absolute Gasteiger partial charge is 0.109 e. The number of benzene rings is 1. The van der Waals surface area contributed by atoms with Crippen LogP contribution in [0, 0.1) is 0 Å². The molecule has 0 radical (unpaired) electrons. The molecule has 0 aromatic heterocycles. The number of halogens is 4. The minimum atomic E-state index is -0.432. The lowest BCUT2D eigenvalue weighted by atomic mass is 10.1. The molecule has 0 saturated carbocycles. The summed E-state index contributed by atoms with van der Waals surface area (Å²) in [5.41, 5.74) is 0.984. The van der Waals surface area contributed by atoms with E-state index in [4.69, 9.17) is 46.4 Å². The molecule has 13 heavy (non-hydrogen) atoms. The highest BCUT2D eigenvalue weighted by Gasteiger charge is 2.11. The highest BCUT2D eigenvalue weighted by atomic mass is 35.5. The van der Waals surface area contributed by atoms with E-state index < -0.39 is 4.84 Å². The van der Waals surface area contributed by atoms with E-state index in [-0.39, 0.29) is 5.38 Å². The number of alkyl halides is 3. The summed E-state index contributed by atoms with van der Waals surface area (Å²) in [5, 5.41) is 0.540. The van der Waals surface area contributed by atoms with Crippen LogP contribution in [0.25, 0.3) is 0 Å². The van der Waals surface area contributed by atoms with Gasteiger partial charge in [-0.3, -0.25) is 0 Å². The summed E-state index contributed by atoms with van der Waals surface area (Å²) in [5.74, 6) is 0. The van der Waals surface area contributed by atoms with Crippen LogP contribution in [0.2, 0.25) is 5.02 Å². The second kappa shape index (κ2) is 5.31. The normalized spacial score (nSPS) is 13.3. The second-order valence-electron chi connectivity index (χ2n) is 2.65. The summed E-state index contributed by atoms with van der Waals surface area (Å²) in [6.07, 6.45) is 0.534. The Hall–Kier alpha value is 0.380. The van der Waals surface area contributed by atoms with Crippen molar-refractivity contribution in [2.24, 2.45) is 0 Å². The Balaban J connectivity index is 2.66. The van der Waals surface area contributed by atoms with Crippen LogP contribution in [0.15, 0.2) is 24.3 Å². The fourth-order valence-electron chi connectivity index (χ4n) is 0.964. The Labute approximate surface area is 97.7 Å². The predicted molar refractivity (Wildman–Crippen MR) is 60.2 cm³/mol. The van der Waals surface area contributed by atoms with Crippen LogP contribution in [0.4, 0.5) is 0 Å². The second-order valence-corrected chi connectivity index (χ2v) is 4.89. The van der Waals surface area contributed by atoms with Gasteiger partial charge in [0.05, 0.1) is 5.38 Å². The van der Waals surface area contributed by atoms with Crippen molar-refractivity contribution in [3.63, 3.8) is 0 Å². The van der Waals surface area contributed by atoms with E-state index in [1.54, 1.807) is 12.1 Å². The molecule has 0 aliphatic carbocycles. The van der Waals surface area contributed by atoms with Gasteiger partial charge in [0, 0.05) is 5.02 Å². The first-order valence-electron chi connectivity index (χ1n) is 3.77. The van der Waals surface area contributed by atoms with E-state index in [1.807, 2.05) is 12.1 Å². The maximum absolute atomic E-state index is 6.04. The van der Waals surface area contributed by atoms with Gasteiger partial charge in [0.25, 0.3) is 0 Å². The van der Waals surface area contributed by atoms with Crippen molar-refractivity contribution in [2.75, 3.05) is 0 Å². The summed E-state index contributed by atoms with van der Waals surface area (Å²) < 4.78 is 0. The Bertz CT molecular complexity index is 255. The predicted octanol–water partition coefficient (Wildman–Crippen LogP) is 4.81. The molecule has 72 valence electrons. The van der Waals surface area contributed by atoms with Gasteiger partial charge in [0.15, 0.2) is 0 Å². The molecule has 1 aromatic rings. The Kier molecular flexibility index (Phi) is 4.68. The summed E-state index contributed by atoms with van der Waals surface area (Å²) in [7, 11) is 0. The molecule has 0 bridgehead atoms. The molecule has 0 aliphatic heterocycles. The van der Waals surface area contributed by atoms with Gasteiger partial charge in [0.1, 0.15) is 4.84 Å². The molecule has 0 nitrogen and oxygen atoms in total. The van der Waals surface area contributed by atoms with Gasteiger partial charge < -0.3 is 0 Å². The highest BCUT2D eigenvalue weighted by molar-refractivity contribution is 6.44. The van der Waals surface area contributed by atoms with Gasteiger partial charge in [-0.05, 0) is 24.1 Å². The monoisotopic (exact) mass is 256 g/mol.